The summed E-state index contributed by atoms with van der Waals surface area (Å²) in [6.45, 7) is 9.14. The number of nitro benzene ring substituents is 1. The van der Waals surface area contributed by atoms with Crippen LogP contribution in [0.25, 0.3) is 11.0 Å². The zero-order valence-corrected chi connectivity index (χ0v) is 35.6. The van der Waals surface area contributed by atoms with Gasteiger partial charge in [0.05, 0.1) is 48.2 Å². The van der Waals surface area contributed by atoms with Gasteiger partial charge in [-0.1, -0.05) is 18.2 Å². The summed E-state index contributed by atoms with van der Waals surface area (Å²) in [5.41, 5.74) is 2.55. The van der Waals surface area contributed by atoms with Crippen molar-refractivity contribution in [3.63, 3.8) is 0 Å². The highest BCUT2D eigenvalue weighted by atomic mass is 16.7. The summed E-state index contributed by atoms with van der Waals surface area (Å²) in [5.74, 6) is 1.70. The number of benzene rings is 2. The summed E-state index contributed by atoms with van der Waals surface area (Å²) >= 11 is 0. The van der Waals surface area contributed by atoms with Gasteiger partial charge in [0.25, 0.3) is 5.69 Å². The number of esters is 1. The van der Waals surface area contributed by atoms with E-state index < -0.39 is 29.2 Å². The number of fused-ring (bicyclic) bond motifs is 3. The minimum absolute atomic E-state index is 0.0280. The molecule has 4 aromatic rings. The topological polar surface area (TPSA) is 197 Å². The molecule has 0 atom stereocenters. The van der Waals surface area contributed by atoms with Gasteiger partial charge in [0.1, 0.15) is 12.1 Å². The number of ether oxygens (including phenoxy) is 4. The number of amides is 2. The third kappa shape index (κ3) is 9.18. The second kappa shape index (κ2) is 18.3. The fourth-order valence-electron chi connectivity index (χ4n) is 8.95. The van der Waals surface area contributed by atoms with Gasteiger partial charge in [0.2, 0.25) is 12.7 Å². The van der Waals surface area contributed by atoms with E-state index in [9.17, 15) is 24.5 Å². The number of anilines is 1. The van der Waals surface area contributed by atoms with Crippen LogP contribution in [0.4, 0.5) is 16.3 Å². The van der Waals surface area contributed by atoms with Crippen molar-refractivity contribution in [3.8, 4) is 11.5 Å². The van der Waals surface area contributed by atoms with Crippen molar-refractivity contribution >= 4 is 40.5 Å². The number of nitrogens with one attached hydrogen (secondary N) is 1. The normalized spacial score (nSPS) is 19.3. The molecule has 7 rings (SSSR count). The van der Waals surface area contributed by atoms with Gasteiger partial charge in [-0.3, -0.25) is 24.6 Å². The fourth-order valence-corrected chi connectivity index (χ4v) is 8.95. The van der Waals surface area contributed by atoms with Gasteiger partial charge >= 0.3 is 12.1 Å². The van der Waals surface area contributed by atoms with Gasteiger partial charge in [-0.25, -0.2) is 19.4 Å². The molecule has 61 heavy (non-hydrogen) atoms. The van der Waals surface area contributed by atoms with E-state index in [1.165, 1.54) is 23.5 Å². The zero-order chi connectivity index (χ0) is 43.3. The third-order valence-corrected chi connectivity index (χ3v) is 12.2. The summed E-state index contributed by atoms with van der Waals surface area (Å²) < 4.78 is 23.2. The maximum Gasteiger partial charge on any atom is 0.410 e. The predicted octanol–water partition coefficient (Wildman–Crippen LogP) is 5.06. The number of nitro groups is 1. The molecule has 0 unspecified atom stereocenters. The summed E-state index contributed by atoms with van der Waals surface area (Å²) in [6, 6.07) is 10.8. The number of hydrogen-bond acceptors (Lipinski definition) is 14. The van der Waals surface area contributed by atoms with Crippen LogP contribution in [0, 0.1) is 21.4 Å². The first-order chi connectivity index (χ1) is 29.3. The van der Waals surface area contributed by atoms with E-state index >= 15 is 0 Å². The van der Waals surface area contributed by atoms with Crippen LogP contribution in [0.5, 0.6) is 11.5 Å². The molecule has 0 bridgehead atoms. The monoisotopic (exact) mass is 841 g/mol. The van der Waals surface area contributed by atoms with Crippen LogP contribution in [-0.4, -0.2) is 119 Å². The Hall–Kier alpha value is -6.04. The first-order valence-electron chi connectivity index (χ1n) is 20.8. The van der Waals surface area contributed by atoms with E-state index in [0.717, 1.165) is 56.4 Å². The molecule has 18 heteroatoms. The molecule has 1 saturated carbocycles. The third-order valence-electron chi connectivity index (χ3n) is 12.2. The van der Waals surface area contributed by atoms with Gasteiger partial charge in [0.15, 0.2) is 17.1 Å². The molecule has 2 aromatic heterocycles. The molecule has 2 fully saturated rings. The van der Waals surface area contributed by atoms with Crippen LogP contribution in [0.1, 0.15) is 69.6 Å². The number of carbonyl (C=O) groups is 3. The summed E-state index contributed by atoms with van der Waals surface area (Å²) in [5, 5.41) is 19.7. The summed E-state index contributed by atoms with van der Waals surface area (Å²) in [6.07, 6.45) is 7.07. The lowest BCUT2D eigenvalue weighted by Crippen LogP contribution is -2.55. The number of hydrogen-bond donors (Lipinski definition) is 1. The Balaban J connectivity index is 0.975. The number of methoxy groups -OCH3 is 2. The number of piperazine rings is 1. The lowest BCUT2D eigenvalue weighted by molar-refractivity contribution is -0.385. The molecule has 0 radical (unpaired) electrons. The Kier molecular flexibility index (Phi) is 12.9. The number of alkyl carbamates (subject to hydrolysis) is 1. The second-order valence-electron chi connectivity index (χ2n) is 16.9. The van der Waals surface area contributed by atoms with Gasteiger partial charge in [-0.05, 0) is 82.6 Å². The molecule has 3 aliphatic rings. The summed E-state index contributed by atoms with van der Waals surface area (Å²) in [4.78, 5) is 65.4. The number of rotatable bonds is 13. The van der Waals surface area contributed by atoms with E-state index in [1.54, 1.807) is 64.1 Å². The van der Waals surface area contributed by atoms with Crippen molar-refractivity contribution in [2.75, 3.05) is 71.7 Å². The van der Waals surface area contributed by atoms with Crippen molar-refractivity contribution in [1.29, 1.82) is 0 Å². The first kappa shape index (κ1) is 43.1. The van der Waals surface area contributed by atoms with Crippen molar-refractivity contribution < 1.29 is 38.3 Å². The molecule has 326 valence electrons. The Labute approximate surface area is 354 Å². The van der Waals surface area contributed by atoms with E-state index in [1.807, 2.05) is 4.90 Å². The molecular formula is C43H55N9O9. The molecule has 2 aliphatic heterocycles. The molecule has 1 spiro atoms. The van der Waals surface area contributed by atoms with Crippen LogP contribution in [0.15, 0.2) is 48.9 Å². The maximum absolute atomic E-state index is 14.2. The minimum Gasteiger partial charge on any atom is -0.493 e. The quantitative estimate of drug-likeness (QED) is 0.0617. The van der Waals surface area contributed by atoms with Crippen molar-refractivity contribution in [2.45, 2.75) is 71.4 Å². The number of para-hydroxylation sites is 1. The van der Waals surface area contributed by atoms with E-state index in [2.05, 4.69) is 42.3 Å². The molecule has 1 N–H and O–H groups in total. The zero-order valence-electron chi connectivity index (χ0n) is 35.6. The lowest BCUT2D eigenvalue weighted by atomic mass is 9.68. The van der Waals surface area contributed by atoms with Gasteiger partial charge in [-0.2, -0.15) is 5.10 Å². The highest BCUT2D eigenvalue weighted by Gasteiger charge is 2.47. The fraction of sp³-hybridized carbons (Fsp3) is 0.535. The Morgan fingerprint density at radius 1 is 0.967 bits per heavy atom. The van der Waals surface area contributed by atoms with Crippen LogP contribution >= 0.6 is 0 Å². The molecule has 2 aromatic carbocycles. The van der Waals surface area contributed by atoms with Crippen LogP contribution in [0.3, 0.4) is 0 Å². The maximum atomic E-state index is 14.2. The standard InChI is InChI=1S/C43H55N9O9/c1-42(2,3)40(54)60-28-61-41(55)44-16-8-17-50-18-13-30-23-35(58-4)36(59-5)24-33(30)43(50)14-11-29(12-15-43)39(53)49-21-19-48(20-22-49)37-32-25-47-51(38(32)46-27-45-37)26-31-9-6-7-10-34(31)52(56)57/h6-7,9-10,23-25,27,29H,8,11-22,26,28H2,1-5H3,(H,44,55). The Morgan fingerprint density at radius 3 is 2.39 bits per heavy atom. The highest BCUT2D eigenvalue weighted by Crippen LogP contribution is 2.50. The number of aromatic nitrogens is 4. The van der Waals surface area contributed by atoms with Crippen LogP contribution in [0.2, 0.25) is 0 Å². The second-order valence-corrected chi connectivity index (χ2v) is 16.9. The predicted molar refractivity (Wildman–Crippen MR) is 224 cm³/mol. The Bertz CT molecular complexity index is 2240. The van der Waals surface area contributed by atoms with Crippen LogP contribution < -0.4 is 19.7 Å². The van der Waals surface area contributed by atoms with Gasteiger partial charge < -0.3 is 34.1 Å². The summed E-state index contributed by atoms with van der Waals surface area (Å²) in [7, 11) is 3.29. The van der Waals surface area contributed by atoms with Gasteiger partial charge in [-0.15, -0.1) is 0 Å². The van der Waals surface area contributed by atoms with Crippen LogP contribution in [-0.2, 0) is 37.6 Å². The molecule has 4 heterocycles. The smallest absolute Gasteiger partial charge is 0.410 e. The average Bonchev–Trinajstić information content (AvgIpc) is 3.67. The first-order valence-corrected chi connectivity index (χ1v) is 20.8. The largest absolute Gasteiger partial charge is 0.493 e. The minimum atomic E-state index is -0.693. The molecular weight excluding hydrogens is 787 g/mol. The van der Waals surface area contributed by atoms with E-state index in [-0.39, 0.29) is 29.6 Å². The van der Waals surface area contributed by atoms with E-state index in [0.29, 0.717) is 61.9 Å². The highest BCUT2D eigenvalue weighted by molar-refractivity contribution is 5.87. The SMILES string of the molecule is COc1cc2c(cc1OC)C1(CCC(C(=O)N3CCN(c4ncnc5c4cnn5Cc4ccccc4[N+](=O)[O-])CC3)CC1)N(CCCNC(=O)OCOC(=O)C(C)(C)C)CC2. The average molecular weight is 842 g/mol. The van der Waals surface area contributed by atoms with Gasteiger partial charge in [0, 0.05) is 63.3 Å². The number of carbonyl (C=O) groups excluding carboxylic acids is 3. The molecule has 1 aliphatic carbocycles. The molecule has 1 saturated heterocycles. The lowest BCUT2D eigenvalue weighted by Gasteiger charge is -2.52. The van der Waals surface area contributed by atoms with E-state index in [4.69, 9.17) is 18.9 Å². The van der Waals surface area contributed by atoms with Crippen molar-refractivity contribution in [1.82, 2.24) is 34.9 Å². The van der Waals surface area contributed by atoms with Crippen molar-refractivity contribution in [2.24, 2.45) is 11.3 Å². The molecule has 2 amide bonds. The Morgan fingerprint density at radius 2 is 1.69 bits per heavy atom. The molecule has 18 nitrogen and oxygen atoms in total. The number of nitrogens with zero attached hydrogens (tertiary/aromatic N) is 8. The van der Waals surface area contributed by atoms with Crippen molar-refractivity contribution in [3.05, 3.63) is 75.7 Å².